The molecule has 0 radical (unpaired) electrons. The molecule has 0 saturated carbocycles. The summed E-state index contributed by atoms with van der Waals surface area (Å²) in [5, 5.41) is 23.8. The Bertz CT molecular complexity index is 485. The number of thiophene rings is 1. The zero-order valence-electron chi connectivity index (χ0n) is 10.2. The van der Waals surface area contributed by atoms with Crippen LogP contribution < -0.4 is 10.6 Å². The van der Waals surface area contributed by atoms with Crippen LogP contribution in [0.4, 0.5) is 4.79 Å². The summed E-state index contributed by atoms with van der Waals surface area (Å²) in [6.07, 6.45) is -0.666. The lowest BCUT2D eigenvalue weighted by atomic mass is 10.2. The quantitative estimate of drug-likeness (QED) is 0.617. The number of carbonyl (C=O) groups excluding carboxylic acids is 1. The molecule has 0 saturated heterocycles. The Kier molecular flexibility index (Phi) is 5.31. The standard InChI is InChI=1S/C11H14N2O5S/c1-6-2-3-19-8(6)5-12-11(18)13-7(10(16)17)4-9(14)15/h2-3,7H,4-5H2,1H3,(H,14,15)(H,16,17)(H2,12,13,18). The molecule has 0 fully saturated rings. The van der Waals surface area contributed by atoms with E-state index >= 15 is 0 Å². The van der Waals surface area contributed by atoms with Gasteiger partial charge in [-0.15, -0.1) is 11.3 Å². The highest BCUT2D eigenvalue weighted by Gasteiger charge is 2.22. The van der Waals surface area contributed by atoms with E-state index in [4.69, 9.17) is 10.2 Å². The van der Waals surface area contributed by atoms with Crippen molar-refractivity contribution in [1.82, 2.24) is 10.6 Å². The van der Waals surface area contributed by atoms with Crippen molar-refractivity contribution in [2.24, 2.45) is 0 Å². The molecule has 8 heteroatoms. The van der Waals surface area contributed by atoms with Gasteiger partial charge in [0.25, 0.3) is 0 Å². The van der Waals surface area contributed by atoms with Crippen molar-refractivity contribution in [2.75, 3.05) is 0 Å². The fraction of sp³-hybridized carbons (Fsp3) is 0.364. The number of aryl methyl sites for hydroxylation is 1. The largest absolute Gasteiger partial charge is 0.481 e. The molecule has 0 aromatic carbocycles. The summed E-state index contributed by atoms with van der Waals surface area (Å²) in [6.45, 7) is 2.17. The smallest absolute Gasteiger partial charge is 0.326 e. The Balaban J connectivity index is 2.47. The second-order valence-corrected chi connectivity index (χ2v) is 4.84. The molecule has 2 amide bonds. The molecule has 0 bridgehead atoms. The molecule has 1 unspecified atom stereocenters. The van der Waals surface area contributed by atoms with Gasteiger partial charge < -0.3 is 20.8 Å². The average Bonchev–Trinajstić information content (AvgIpc) is 2.70. The lowest BCUT2D eigenvalue weighted by Gasteiger charge is -2.13. The summed E-state index contributed by atoms with van der Waals surface area (Å²) in [4.78, 5) is 33.6. The van der Waals surface area contributed by atoms with E-state index in [1.807, 2.05) is 18.4 Å². The Morgan fingerprint density at radius 3 is 2.53 bits per heavy atom. The molecule has 4 N–H and O–H groups in total. The van der Waals surface area contributed by atoms with Crippen molar-refractivity contribution in [3.8, 4) is 0 Å². The van der Waals surface area contributed by atoms with Gasteiger partial charge in [0.15, 0.2) is 0 Å². The number of hydrogen-bond acceptors (Lipinski definition) is 4. The van der Waals surface area contributed by atoms with Gasteiger partial charge in [-0.05, 0) is 23.9 Å². The van der Waals surface area contributed by atoms with E-state index in [2.05, 4.69) is 10.6 Å². The molecule has 19 heavy (non-hydrogen) atoms. The van der Waals surface area contributed by atoms with Crippen molar-refractivity contribution in [1.29, 1.82) is 0 Å². The fourth-order valence-corrected chi connectivity index (χ4v) is 2.18. The third kappa shape index (κ3) is 4.96. The monoisotopic (exact) mass is 286 g/mol. The zero-order valence-corrected chi connectivity index (χ0v) is 11.0. The highest BCUT2D eigenvalue weighted by atomic mass is 32.1. The molecule has 1 rings (SSSR count). The number of carbonyl (C=O) groups is 3. The van der Waals surface area contributed by atoms with Crippen LogP contribution in [-0.4, -0.2) is 34.2 Å². The first kappa shape index (κ1) is 15.0. The number of carboxylic acids is 2. The van der Waals surface area contributed by atoms with Gasteiger partial charge in [-0.2, -0.15) is 0 Å². The topological polar surface area (TPSA) is 116 Å². The van der Waals surface area contributed by atoms with E-state index in [1.165, 1.54) is 11.3 Å². The summed E-state index contributed by atoms with van der Waals surface area (Å²) in [5.41, 5.74) is 1.03. The molecule has 1 aromatic heterocycles. The maximum Gasteiger partial charge on any atom is 0.326 e. The number of carboxylic acid groups (broad SMARTS) is 2. The summed E-state index contributed by atoms with van der Waals surface area (Å²) in [5.74, 6) is -2.67. The van der Waals surface area contributed by atoms with Gasteiger partial charge in [-0.1, -0.05) is 0 Å². The number of nitrogens with one attached hydrogen (secondary N) is 2. The summed E-state index contributed by atoms with van der Waals surface area (Å²) in [7, 11) is 0. The first-order chi connectivity index (χ1) is 8.90. The lowest BCUT2D eigenvalue weighted by molar-refractivity contribution is -0.145. The van der Waals surface area contributed by atoms with Crippen molar-refractivity contribution >= 4 is 29.3 Å². The summed E-state index contributed by atoms with van der Waals surface area (Å²) < 4.78 is 0. The minimum absolute atomic E-state index is 0.273. The molecule has 1 heterocycles. The minimum atomic E-state index is -1.44. The highest BCUT2D eigenvalue weighted by Crippen LogP contribution is 2.14. The number of amides is 2. The van der Waals surface area contributed by atoms with Crippen LogP contribution >= 0.6 is 11.3 Å². The van der Waals surface area contributed by atoms with Crippen LogP contribution in [0, 0.1) is 6.92 Å². The minimum Gasteiger partial charge on any atom is -0.481 e. The molecule has 0 aliphatic rings. The van der Waals surface area contributed by atoms with Gasteiger partial charge in [-0.3, -0.25) is 4.79 Å². The number of rotatable bonds is 6. The van der Waals surface area contributed by atoms with Crippen molar-refractivity contribution in [2.45, 2.75) is 25.9 Å². The summed E-state index contributed by atoms with van der Waals surface area (Å²) >= 11 is 1.47. The van der Waals surface area contributed by atoms with Crippen LogP contribution in [0.1, 0.15) is 16.9 Å². The van der Waals surface area contributed by atoms with E-state index in [9.17, 15) is 14.4 Å². The third-order valence-corrected chi connectivity index (χ3v) is 3.38. The van der Waals surface area contributed by atoms with E-state index in [1.54, 1.807) is 0 Å². The Hall–Kier alpha value is -2.09. The van der Waals surface area contributed by atoms with Crippen LogP contribution in [0.5, 0.6) is 0 Å². The second kappa shape index (κ2) is 6.74. The third-order valence-electron chi connectivity index (χ3n) is 2.36. The molecule has 7 nitrogen and oxygen atoms in total. The summed E-state index contributed by atoms with van der Waals surface area (Å²) in [6, 6.07) is -0.243. The van der Waals surface area contributed by atoms with Crippen LogP contribution in [0.3, 0.4) is 0 Å². The molecule has 0 aliphatic heterocycles. The molecule has 0 aliphatic carbocycles. The zero-order chi connectivity index (χ0) is 14.4. The van der Waals surface area contributed by atoms with Gasteiger partial charge >= 0.3 is 18.0 Å². The Labute approximate surface area is 113 Å². The average molecular weight is 286 g/mol. The highest BCUT2D eigenvalue weighted by molar-refractivity contribution is 7.10. The second-order valence-electron chi connectivity index (χ2n) is 3.84. The first-order valence-corrected chi connectivity index (χ1v) is 6.30. The SMILES string of the molecule is Cc1ccsc1CNC(=O)NC(CC(=O)O)C(=O)O. The first-order valence-electron chi connectivity index (χ1n) is 5.42. The predicted octanol–water partition coefficient (Wildman–Crippen LogP) is 0.784. The fourth-order valence-electron chi connectivity index (χ4n) is 1.33. The van der Waals surface area contributed by atoms with Crippen LogP contribution in [0.25, 0.3) is 0 Å². The molecular weight excluding hydrogens is 272 g/mol. The van der Waals surface area contributed by atoms with Crippen LogP contribution in [-0.2, 0) is 16.1 Å². The maximum absolute atomic E-state index is 11.5. The van der Waals surface area contributed by atoms with Gasteiger partial charge in [-0.25, -0.2) is 9.59 Å². The van der Waals surface area contributed by atoms with Crippen LogP contribution in [0.15, 0.2) is 11.4 Å². The molecule has 0 spiro atoms. The van der Waals surface area contributed by atoms with Crippen LogP contribution in [0.2, 0.25) is 0 Å². The van der Waals surface area contributed by atoms with Crippen molar-refractivity contribution in [3.05, 3.63) is 21.9 Å². The lowest BCUT2D eigenvalue weighted by Crippen LogP contribution is -2.46. The Morgan fingerprint density at radius 1 is 1.37 bits per heavy atom. The van der Waals surface area contributed by atoms with Crippen molar-refractivity contribution in [3.63, 3.8) is 0 Å². The van der Waals surface area contributed by atoms with E-state index in [0.29, 0.717) is 0 Å². The predicted molar refractivity (Wildman–Crippen MR) is 68.1 cm³/mol. The van der Waals surface area contributed by atoms with Gasteiger partial charge in [0.2, 0.25) is 0 Å². The van der Waals surface area contributed by atoms with E-state index in [-0.39, 0.29) is 6.54 Å². The molecular formula is C11H14N2O5S. The Morgan fingerprint density at radius 2 is 2.05 bits per heavy atom. The number of hydrogen-bond donors (Lipinski definition) is 4. The van der Waals surface area contributed by atoms with Gasteiger partial charge in [0.05, 0.1) is 13.0 Å². The van der Waals surface area contributed by atoms with E-state index < -0.39 is 30.4 Å². The van der Waals surface area contributed by atoms with Gasteiger partial charge in [0.1, 0.15) is 6.04 Å². The van der Waals surface area contributed by atoms with Gasteiger partial charge in [0, 0.05) is 4.88 Å². The maximum atomic E-state index is 11.5. The van der Waals surface area contributed by atoms with E-state index in [0.717, 1.165) is 10.4 Å². The van der Waals surface area contributed by atoms with Crippen molar-refractivity contribution < 1.29 is 24.6 Å². The normalized spacial score (nSPS) is 11.6. The number of aliphatic carboxylic acids is 2. The molecule has 1 aromatic rings. The molecule has 1 atom stereocenters. The number of urea groups is 1. The molecule has 104 valence electrons.